The Morgan fingerprint density at radius 3 is 2.78 bits per heavy atom. The van der Waals surface area contributed by atoms with Gasteiger partial charge in [-0.15, -0.1) is 4.98 Å². The largest absolute Gasteiger partial charge is 0.361 e. The Morgan fingerprint density at radius 1 is 1.17 bits per heavy atom. The van der Waals surface area contributed by atoms with E-state index in [1.54, 1.807) is 6.07 Å². The van der Waals surface area contributed by atoms with Crippen LogP contribution in [0.25, 0.3) is 27.0 Å². The minimum atomic E-state index is 0.432. The number of hydrogen-bond acceptors (Lipinski definition) is 3. The first-order valence-electron chi connectivity index (χ1n) is 5.48. The Morgan fingerprint density at radius 2 is 2.06 bits per heavy atom. The summed E-state index contributed by atoms with van der Waals surface area (Å²) in [7, 11) is 0. The highest BCUT2D eigenvalue weighted by molar-refractivity contribution is 7.03. The van der Waals surface area contributed by atoms with Gasteiger partial charge in [0, 0.05) is 16.3 Å². The van der Waals surface area contributed by atoms with Gasteiger partial charge in [0.25, 0.3) is 5.82 Å². The second kappa shape index (κ2) is 4.21. The molecule has 18 heavy (non-hydrogen) atoms. The number of nitrogens with zero attached hydrogens (tertiary/aromatic N) is 3. The molecule has 1 aromatic carbocycles. The highest BCUT2D eigenvalue weighted by Crippen LogP contribution is 2.30. The third-order valence-electron chi connectivity index (χ3n) is 2.87. The summed E-state index contributed by atoms with van der Waals surface area (Å²) in [5.41, 5.74) is 3.99. The molecule has 2 aromatic heterocycles. The molecule has 0 aliphatic carbocycles. The molecule has 4 heteroatoms. The van der Waals surface area contributed by atoms with Gasteiger partial charge in [-0.25, -0.2) is 0 Å². The van der Waals surface area contributed by atoms with Crippen LogP contribution >= 0.6 is 11.5 Å². The van der Waals surface area contributed by atoms with E-state index in [1.165, 1.54) is 11.5 Å². The predicted molar refractivity (Wildman–Crippen MR) is 73.9 cm³/mol. The Balaban J connectivity index is 2.36. The molecule has 0 unspecified atom stereocenters. The molecule has 0 radical (unpaired) electrons. The molecule has 0 aliphatic heterocycles. The van der Waals surface area contributed by atoms with Crippen molar-refractivity contribution in [3.05, 3.63) is 52.7 Å². The molecule has 0 aliphatic rings. The molecule has 3 aromatic rings. The molecule has 0 N–H and O–H groups in total. The van der Waals surface area contributed by atoms with Crippen LogP contribution in [0.5, 0.6) is 0 Å². The number of benzene rings is 1. The summed E-state index contributed by atoms with van der Waals surface area (Å²) in [4.78, 5) is 7.76. The van der Waals surface area contributed by atoms with Crippen LogP contribution in [0.3, 0.4) is 0 Å². The molecule has 0 atom stereocenters. The van der Waals surface area contributed by atoms with Gasteiger partial charge in [0.2, 0.25) is 0 Å². The molecule has 3 nitrogen and oxygen atoms in total. The number of rotatable bonds is 1. The summed E-state index contributed by atoms with van der Waals surface area (Å²) < 4.78 is 4.36. The van der Waals surface area contributed by atoms with Gasteiger partial charge in [-0.05, 0) is 36.2 Å². The molecule has 0 bridgehead atoms. The average molecular weight is 251 g/mol. The quantitative estimate of drug-likeness (QED) is 0.606. The average Bonchev–Trinajstić information content (AvgIpc) is 2.93. The van der Waals surface area contributed by atoms with E-state index in [-0.39, 0.29) is 0 Å². The Bertz CT molecular complexity index is 755. The molecule has 0 amide bonds. The highest BCUT2D eigenvalue weighted by atomic mass is 32.1. The van der Waals surface area contributed by atoms with Crippen molar-refractivity contribution in [2.24, 2.45) is 0 Å². The first kappa shape index (κ1) is 10.9. The number of fused-ring (bicyclic) bond motifs is 1. The highest BCUT2D eigenvalue weighted by Gasteiger charge is 2.11. The van der Waals surface area contributed by atoms with Gasteiger partial charge in [-0.2, -0.15) is 4.37 Å². The van der Waals surface area contributed by atoms with Crippen LogP contribution in [0.15, 0.2) is 35.7 Å². The van der Waals surface area contributed by atoms with Crippen molar-refractivity contribution in [3.63, 3.8) is 0 Å². The minimum Gasteiger partial charge on any atom is -0.361 e. The molecule has 2 heterocycles. The summed E-state index contributed by atoms with van der Waals surface area (Å²) in [6, 6.07) is 9.79. The fourth-order valence-electron chi connectivity index (χ4n) is 1.98. The van der Waals surface area contributed by atoms with Gasteiger partial charge < -0.3 is 4.85 Å². The van der Waals surface area contributed by atoms with E-state index in [1.807, 2.05) is 30.5 Å². The second-order valence-corrected chi connectivity index (χ2v) is 4.66. The maximum absolute atomic E-state index is 7.03. The lowest BCUT2D eigenvalue weighted by molar-refractivity contribution is 1.38. The van der Waals surface area contributed by atoms with Gasteiger partial charge >= 0.3 is 0 Å². The van der Waals surface area contributed by atoms with E-state index >= 15 is 0 Å². The molecule has 0 saturated heterocycles. The smallest absolute Gasteiger partial charge is 0.270 e. The van der Waals surface area contributed by atoms with Crippen molar-refractivity contribution in [3.8, 4) is 11.3 Å². The topological polar surface area (TPSA) is 30.1 Å². The van der Waals surface area contributed by atoms with E-state index in [0.717, 1.165) is 27.7 Å². The van der Waals surface area contributed by atoms with Gasteiger partial charge in [0.1, 0.15) is 0 Å². The molecule has 86 valence electrons. The van der Waals surface area contributed by atoms with Crippen LogP contribution in [0.2, 0.25) is 0 Å². The molecule has 0 spiro atoms. The molecule has 0 fully saturated rings. The number of pyridine rings is 1. The van der Waals surface area contributed by atoms with Gasteiger partial charge in [-0.3, -0.25) is 0 Å². The molecular weight excluding hydrogens is 242 g/mol. The first-order valence-corrected chi connectivity index (χ1v) is 6.32. The van der Waals surface area contributed by atoms with Crippen LogP contribution in [0.1, 0.15) is 5.56 Å². The number of aryl methyl sites for hydroxylation is 1. The van der Waals surface area contributed by atoms with E-state index in [9.17, 15) is 0 Å². The third-order valence-corrected chi connectivity index (χ3v) is 3.43. The first-order chi connectivity index (χ1) is 8.79. The molecule has 3 rings (SSSR count). The van der Waals surface area contributed by atoms with Crippen LogP contribution < -0.4 is 0 Å². The fourth-order valence-corrected chi connectivity index (χ4v) is 2.50. The van der Waals surface area contributed by atoms with Crippen molar-refractivity contribution in [2.45, 2.75) is 6.92 Å². The van der Waals surface area contributed by atoms with E-state index in [4.69, 9.17) is 6.57 Å². The zero-order valence-corrected chi connectivity index (χ0v) is 10.5. The van der Waals surface area contributed by atoms with Crippen molar-refractivity contribution < 1.29 is 0 Å². The Kier molecular flexibility index (Phi) is 2.54. The van der Waals surface area contributed by atoms with E-state index < -0.39 is 0 Å². The van der Waals surface area contributed by atoms with Crippen LogP contribution in [0, 0.1) is 13.5 Å². The Labute approximate surface area is 109 Å². The second-order valence-electron chi connectivity index (χ2n) is 3.99. The van der Waals surface area contributed by atoms with Crippen LogP contribution in [-0.2, 0) is 0 Å². The van der Waals surface area contributed by atoms with Crippen molar-refractivity contribution in [1.82, 2.24) is 9.36 Å². The predicted octanol–water partition coefficient (Wildman–Crippen LogP) is 4.22. The lowest BCUT2D eigenvalue weighted by Crippen LogP contribution is -1.87. The maximum atomic E-state index is 7.03. The minimum absolute atomic E-state index is 0.432. The van der Waals surface area contributed by atoms with Gasteiger partial charge in [-0.1, -0.05) is 24.8 Å². The maximum Gasteiger partial charge on any atom is 0.270 e. The van der Waals surface area contributed by atoms with Gasteiger partial charge in [0.15, 0.2) is 5.52 Å². The summed E-state index contributed by atoms with van der Waals surface area (Å²) >= 11 is 1.44. The van der Waals surface area contributed by atoms with Gasteiger partial charge in [0.05, 0.1) is 5.69 Å². The zero-order chi connectivity index (χ0) is 12.5. The Hall–Kier alpha value is -2.25. The van der Waals surface area contributed by atoms with E-state index in [0.29, 0.717) is 5.82 Å². The van der Waals surface area contributed by atoms with Crippen LogP contribution in [-0.4, -0.2) is 9.36 Å². The van der Waals surface area contributed by atoms with Crippen molar-refractivity contribution >= 4 is 28.3 Å². The van der Waals surface area contributed by atoms with E-state index in [2.05, 4.69) is 20.3 Å². The van der Waals surface area contributed by atoms with Crippen LogP contribution in [0.4, 0.5) is 5.82 Å². The number of hydrogen-bond donors (Lipinski definition) is 0. The molecule has 0 saturated carbocycles. The van der Waals surface area contributed by atoms with Crippen molar-refractivity contribution in [2.75, 3.05) is 0 Å². The summed E-state index contributed by atoms with van der Waals surface area (Å²) in [5.74, 6) is 0.432. The van der Waals surface area contributed by atoms with Crippen molar-refractivity contribution in [1.29, 1.82) is 0 Å². The summed E-state index contributed by atoms with van der Waals surface area (Å²) in [5, 5.41) is 3.01. The summed E-state index contributed by atoms with van der Waals surface area (Å²) in [6.45, 7) is 9.04. The lowest BCUT2D eigenvalue weighted by Gasteiger charge is -2.04. The normalized spacial score (nSPS) is 10.4. The SMILES string of the molecule is [C-]#[N+]c1ccc2c(-c3ccsn3)ccc(C)c2n1. The lowest BCUT2D eigenvalue weighted by atomic mass is 10.0. The monoisotopic (exact) mass is 251 g/mol. The summed E-state index contributed by atoms with van der Waals surface area (Å²) in [6.07, 6.45) is 0. The fraction of sp³-hybridized carbons (Fsp3) is 0.0714. The number of aromatic nitrogens is 2. The molecular formula is C14H9N3S. The zero-order valence-electron chi connectivity index (χ0n) is 9.71. The third kappa shape index (κ3) is 1.66. The standard InChI is InChI=1S/C14H9N3S/c1-9-3-4-10(12-7-8-18-17-12)11-5-6-13(15-2)16-14(9)11/h3-8H,1H3.